The first-order chi connectivity index (χ1) is 6.24. The molecule has 0 saturated heterocycles. The largest absolute Gasteiger partial charge is 0.450 e. The molecule has 0 aliphatic rings. The Morgan fingerprint density at radius 2 is 2.23 bits per heavy atom. The van der Waals surface area contributed by atoms with Crippen LogP contribution in [0, 0.1) is 6.92 Å². The van der Waals surface area contributed by atoms with Gasteiger partial charge in [0.2, 0.25) is 0 Å². The number of nitrogens with one attached hydrogen (secondary N) is 1. The van der Waals surface area contributed by atoms with Crippen molar-refractivity contribution in [1.29, 1.82) is 0 Å². The monoisotopic (exact) mass is 178 g/mol. The summed E-state index contributed by atoms with van der Waals surface area (Å²) < 4.78 is 4.72. The van der Waals surface area contributed by atoms with Gasteiger partial charge in [-0.2, -0.15) is 0 Å². The third kappa shape index (κ3) is 2.78. The molecule has 0 bridgehead atoms. The summed E-state index contributed by atoms with van der Waals surface area (Å²) in [6.07, 6.45) is -0.446. The predicted molar refractivity (Wildman–Crippen MR) is 51.5 cm³/mol. The lowest BCUT2D eigenvalue weighted by Gasteiger charge is -2.06. The number of hydrogen-bond donors (Lipinski definition) is 1. The lowest BCUT2D eigenvalue weighted by Crippen LogP contribution is -2.13. The number of carbonyl (C=O) groups is 1. The molecule has 1 N–H and O–H groups in total. The van der Waals surface area contributed by atoms with Crippen molar-refractivity contribution in [3.63, 3.8) is 0 Å². The van der Waals surface area contributed by atoms with Crippen molar-refractivity contribution in [2.24, 2.45) is 0 Å². The van der Waals surface area contributed by atoms with E-state index in [0.717, 1.165) is 5.56 Å². The predicted octanol–water partition coefficient (Wildman–Crippen LogP) is 2.44. The highest BCUT2D eigenvalue weighted by molar-refractivity contribution is 5.85. The Kier molecular flexibility index (Phi) is 3.31. The molecule has 0 aromatic heterocycles. The number of benzene rings is 1. The van der Waals surface area contributed by atoms with Crippen LogP contribution in [0.1, 0.15) is 12.5 Å². The molecule has 0 unspecified atom stereocenters. The maximum Gasteiger partial charge on any atom is 0.411 e. The Balaban J connectivity index is 2.63. The fourth-order valence-electron chi connectivity index (χ4n) is 0.919. The molecule has 1 radical (unpaired) electrons. The van der Waals surface area contributed by atoms with Gasteiger partial charge in [0.05, 0.1) is 6.61 Å². The number of amides is 1. The minimum atomic E-state index is -0.446. The molecule has 0 aliphatic carbocycles. The van der Waals surface area contributed by atoms with Crippen LogP contribution in [0.5, 0.6) is 0 Å². The second-order valence-electron chi connectivity index (χ2n) is 2.50. The van der Waals surface area contributed by atoms with Gasteiger partial charge in [-0.15, -0.1) is 0 Å². The van der Waals surface area contributed by atoms with E-state index in [4.69, 9.17) is 4.74 Å². The first kappa shape index (κ1) is 9.58. The Morgan fingerprint density at radius 3 is 2.85 bits per heavy atom. The standard InChI is InChI=1S/C10H12NO2/c1-3-13-10(12)11-9-7-5-4-6-8(9)2/h4-7H,2-3H2,1H3,(H,11,12). The molecule has 0 spiro atoms. The normalized spacial score (nSPS) is 9.38. The van der Waals surface area contributed by atoms with Crippen LogP contribution in [-0.4, -0.2) is 12.7 Å². The van der Waals surface area contributed by atoms with E-state index in [-0.39, 0.29) is 0 Å². The van der Waals surface area contributed by atoms with Crippen LogP contribution in [0.25, 0.3) is 0 Å². The van der Waals surface area contributed by atoms with E-state index in [2.05, 4.69) is 12.2 Å². The van der Waals surface area contributed by atoms with Gasteiger partial charge in [0.25, 0.3) is 0 Å². The van der Waals surface area contributed by atoms with E-state index >= 15 is 0 Å². The highest BCUT2D eigenvalue weighted by atomic mass is 16.5. The average Bonchev–Trinajstić information content (AvgIpc) is 2.09. The fraction of sp³-hybridized carbons (Fsp3) is 0.200. The summed E-state index contributed by atoms with van der Waals surface area (Å²) in [5.41, 5.74) is 1.46. The van der Waals surface area contributed by atoms with Gasteiger partial charge < -0.3 is 4.74 Å². The Bertz CT molecular complexity index is 297. The van der Waals surface area contributed by atoms with Crippen LogP contribution >= 0.6 is 0 Å². The van der Waals surface area contributed by atoms with Gasteiger partial charge in [0.1, 0.15) is 0 Å². The van der Waals surface area contributed by atoms with Crippen molar-refractivity contribution in [2.45, 2.75) is 6.92 Å². The number of anilines is 1. The highest BCUT2D eigenvalue weighted by Crippen LogP contribution is 2.12. The molecule has 69 valence electrons. The Labute approximate surface area is 77.7 Å². The highest BCUT2D eigenvalue weighted by Gasteiger charge is 2.02. The summed E-state index contributed by atoms with van der Waals surface area (Å²) in [4.78, 5) is 11.0. The number of para-hydroxylation sites is 1. The van der Waals surface area contributed by atoms with Crippen LogP contribution in [0.15, 0.2) is 24.3 Å². The minimum absolute atomic E-state index is 0.366. The summed E-state index contributed by atoms with van der Waals surface area (Å²) in [6.45, 7) is 5.89. The van der Waals surface area contributed by atoms with Gasteiger partial charge in [-0.25, -0.2) is 4.79 Å². The lowest BCUT2D eigenvalue weighted by molar-refractivity contribution is 0.168. The van der Waals surface area contributed by atoms with E-state index in [1.165, 1.54) is 0 Å². The van der Waals surface area contributed by atoms with Crippen LogP contribution in [-0.2, 0) is 4.74 Å². The van der Waals surface area contributed by atoms with E-state index in [0.29, 0.717) is 12.3 Å². The summed E-state index contributed by atoms with van der Waals surface area (Å²) >= 11 is 0. The van der Waals surface area contributed by atoms with Crippen molar-refractivity contribution in [1.82, 2.24) is 0 Å². The second-order valence-corrected chi connectivity index (χ2v) is 2.50. The zero-order chi connectivity index (χ0) is 9.68. The summed E-state index contributed by atoms with van der Waals surface area (Å²) in [6, 6.07) is 7.29. The van der Waals surface area contributed by atoms with Crippen LogP contribution < -0.4 is 5.32 Å². The van der Waals surface area contributed by atoms with Crippen LogP contribution in [0.4, 0.5) is 10.5 Å². The quantitative estimate of drug-likeness (QED) is 0.755. The smallest absolute Gasteiger partial charge is 0.411 e. The second kappa shape index (κ2) is 4.50. The first-order valence-corrected chi connectivity index (χ1v) is 4.08. The molecule has 0 atom stereocenters. The summed E-state index contributed by atoms with van der Waals surface area (Å²) in [5, 5.41) is 2.59. The molecular formula is C10H12NO2. The lowest BCUT2D eigenvalue weighted by atomic mass is 10.2. The van der Waals surface area contributed by atoms with E-state index in [1.54, 1.807) is 13.0 Å². The third-order valence-corrected chi connectivity index (χ3v) is 1.53. The summed E-state index contributed by atoms with van der Waals surface area (Å²) in [7, 11) is 0. The molecular weight excluding hydrogens is 166 g/mol. The number of carbonyl (C=O) groups excluding carboxylic acids is 1. The van der Waals surface area contributed by atoms with Crippen LogP contribution in [0.2, 0.25) is 0 Å². The topological polar surface area (TPSA) is 38.3 Å². The van der Waals surface area contributed by atoms with Gasteiger partial charge in [-0.05, 0) is 25.5 Å². The van der Waals surface area contributed by atoms with Crippen molar-refractivity contribution in [2.75, 3.05) is 11.9 Å². The zero-order valence-electron chi connectivity index (χ0n) is 7.54. The average molecular weight is 178 g/mol. The van der Waals surface area contributed by atoms with Gasteiger partial charge in [-0.1, -0.05) is 18.2 Å². The van der Waals surface area contributed by atoms with Crippen molar-refractivity contribution >= 4 is 11.8 Å². The molecule has 1 aromatic rings. The van der Waals surface area contributed by atoms with Gasteiger partial charge >= 0.3 is 6.09 Å². The Morgan fingerprint density at radius 1 is 1.54 bits per heavy atom. The maximum absolute atomic E-state index is 11.0. The number of hydrogen-bond acceptors (Lipinski definition) is 2. The molecule has 3 heteroatoms. The van der Waals surface area contributed by atoms with E-state index in [9.17, 15) is 4.79 Å². The third-order valence-electron chi connectivity index (χ3n) is 1.53. The molecule has 0 fully saturated rings. The first-order valence-electron chi connectivity index (χ1n) is 4.08. The van der Waals surface area contributed by atoms with Gasteiger partial charge in [-0.3, -0.25) is 5.32 Å². The molecule has 3 nitrogen and oxygen atoms in total. The SMILES string of the molecule is [CH2]c1ccccc1NC(=O)OCC. The molecule has 0 heterocycles. The van der Waals surface area contributed by atoms with Crippen molar-refractivity contribution in [3.05, 3.63) is 36.8 Å². The fourth-order valence-corrected chi connectivity index (χ4v) is 0.919. The van der Waals surface area contributed by atoms with Crippen molar-refractivity contribution < 1.29 is 9.53 Å². The molecule has 0 saturated carbocycles. The number of ether oxygens (including phenoxy) is 1. The van der Waals surface area contributed by atoms with E-state index in [1.807, 2.05) is 18.2 Å². The van der Waals surface area contributed by atoms with E-state index < -0.39 is 6.09 Å². The Hall–Kier alpha value is -1.51. The molecule has 1 rings (SSSR count). The zero-order valence-corrected chi connectivity index (χ0v) is 7.54. The van der Waals surface area contributed by atoms with Crippen molar-refractivity contribution in [3.8, 4) is 0 Å². The molecule has 1 amide bonds. The number of rotatable bonds is 2. The minimum Gasteiger partial charge on any atom is -0.450 e. The molecule has 0 aliphatic heterocycles. The molecule has 13 heavy (non-hydrogen) atoms. The van der Waals surface area contributed by atoms with Crippen LogP contribution in [0.3, 0.4) is 0 Å². The maximum atomic E-state index is 11.0. The summed E-state index contributed by atoms with van der Waals surface area (Å²) in [5.74, 6) is 0. The van der Waals surface area contributed by atoms with Gasteiger partial charge in [0, 0.05) is 5.69 Å². The van der Waals surface area contributed by atoms with Gasteiger partial charge in [0.15, 0.2) is 0 Å². The molecule has 1 aromatic carbocycles.